The van der Waals surface area contributed by atoms with Gasteiger partial charge in [-0.05, 0) is 62.8 Å². The Labute approximate surface area is 162 Å². The highest BCUT2D eigenvalue weighted by molar-refractivity contribution is 7.10. The number of likely N-dealkylation sites (tertiary alicyclic amines) is 1. The van der Waals surface area contributed by atoms with Crippen LogP contribution in [-0.2, 0) is 4.79 Å². The van der Waals surface area contributed by atoms with Crippen molar-refractivity contribution in [1.29, 1.82) is 0 Å². The first-order valence-electron chi connectivity index (χ1n) is 9.19. The average molecular weight is 382 g/mol. The maximum absolute atomic E-state index is 12.8. The Hall–Kier alpha value is -2.60. The fourth-order valence-corrected chi connectivity index (χ4v) is 4.71. The number of carbonyl (C=O) groups is 1. The number of carbonyl (C=O) groups excluding carboxylic acids is 1. The number of amides is 1. The van der Waals surface area contributed by atoms with Crippen LogP contribution >= 0.6 is 11.3 Å². The van der Waals surface area contributed by atoms with Crippen molar-refractivity contribution in [3.8, 4) is 5.82 Å². The fraction of sp³-hybridized carbons (Fsp3) is 0.333. The molecular formula is C21H23N3O2S. The van der Waals surface area contributed by atoms with Crippen LogP contribution in [-0.4, -0.2) is 27.1 Å². The van der Waals surface area contributed by atoms with Gasteiger partial charge in [0.25, 0.3) is 0 Å². The first-order chi connectivity index (χ1) is 13.0. The van der Waals surface area contributed by atoms with Crippen molar-refractivity contribution in [3.05, 3.63) is 63.3 Å². The molecule has 0 N–H and O–H groups in total. The van der Waals surface area contributed by atoms with E-state index in [-0.39, 0.29) is 11.9 Å². The van der Waals surface area contributed by atoms with Crippen molar-refractivity contribution in [2.75, 3.05) is 6.54 Å². The molecule has 5 nitrogen and oxygen atoms in total. The number of aromatic nitrogens is 2. The molecule has 0 bridgehead atoms. The third-order valence-corrected chi connectivity index (χ3v) is 6.10. The number of hydrogen-bond donors (Lipinski definition) is 0. The number of nitrogens with zero attached hydrogens (tertiary/aromatic N) is 3. The first-order valence-corrected chi connectivity index (χ1v) is 10.1. The highest BCUT2D eigenvalue weighted by Gasteiger charge is 2.29. The van der Waals surface area contributed by atoms with Gasteiger partial charge in [0, 0.05) is 35.0 Å². The lowest BCUT2D eigenvalue weighted by Gasteiger charge is -2.22. The Morgan fingerprint density at radius 2 is 2.19 bits per heavy atom. The molecule has 0 saturated carbocycles. The zero-order chi connectivity index (χ0) is 19.0. The second-order valence-electron chi connectivity index (χ2n) is 7.00. The molecule has 3 aromatic heterocycles. The predicted molar refractivity (Wildman–Crippen MR) is 107 cm³/mol. The van der Waals surface area contributed by atoms with Gasteiger partial charge in [-0.25, -0.2) is 0 Å². The zero-order valence-corrected chi connectivity index (χ0v) is 16.6. The molecule has 4 rings (SSSR count). The van der Waals surface area contributed by atoms with E-state index in [9.17, 15) is 4.79 Å². The fourth-order valence-electron chi connectivity index (χ4n) is 3.83. The first kappa shape index (κ1) is 17.8. The molecule has 1 fully saturated rings. The average Bonchev–Trinajstić information content (AvgIpc) is 3.40. The summed E-state index contributed by atoms with van der Waals surface area (Å²) in [5.41, 5.74) is 3.12. The molecule has 0 aliphatic carbocycles. The van der Waals surface area contributed by atoms with Gasteiger partial charge < -0.3 is 9.42 Å². The second-order valence-corrected chi connectivity index (χ2v) is 7.98. The molecular weight excluding hydrogens is 358 g/mol. The molecule has 4 heterocycles. The van der Waals surface area contributed by atoms with Gasteiger partial charge in [-0.3, -0.25) is 9.36 Å². The summed E-state index contributed by atoms with van der Waals surface area (Å²) in [7, 11) is 0. The largest absolute Gasteiger partial charge is 0.360 e. The zero-order valence-electron chi connectivity index (χ0n) is 15.8. The Kier molecular flexibility index (Phi) is 4.74. The maximum atomic E-state index is 12.8. The van der Waals surface area contributed by atoms with Crippen LogP contribution in [0.25, 0.3) is 11.9 Å². The summed E-state index contributed by atoms with van der Waals surface area (Å²) in [5.74, 6) is 1.62. The van der Waals surface area contributed by atoms with Crippen molar-refractivity contribution in [1.82, 2.24) is 14.6 Å². The molecule has 1 amide bonds. The van der Waals surface area contributed by atoms with E-state index in [1.165, 1.54) is 4.88 Å². The summed E-state index contributed by atoms with van der Waals surface area (Å²) < 4.78 is 7.25. The number of aryl methyl sites for hydroxylation is 2. The molecule has 0 aromatic carbocycles. The molecule has 27 heavy (non-hydrogen) atoms. The van der Waals surface area contributed by atoms with Gasteiger partial charge >= 0.3 is 0 Å². The Balaban J connectivity index is 1.55. The van der Waals surface area contributed by atoms with E-state index in [2.05, 4.69) is 28.7 Å². The van der Waals surface area contributed by atoms with Crippen LogP contribution in [0.1, 0.15) is 46.5 Å². The van der Waals surface area contributed by atoms with E-state index in [1.54, 1.807) is 17.4 Å². The second kappa shape index (κ2) is 7.19. The van der Waals surface area contributed by atoms with Crippen LogP contribution in [0, 0.1) is 20.8 Å². The molecule has 1 saturated heterocycles. The monoisotopic (exact) mass is 381 g/mol. The van der Waals surface area contributed by atoms with Gasteiger partial charge in [-0.2, -0.15) is 0 Å². The molecule has 0 spiro atoms. The van der Waals surface area contributed by atoms with Gasteiger partial charge in [0.2, 0.25) is 5.91 Å². The van der Waals surface area contributed by atoms with Crippen molar-refractivity contribution in [2.45, 2.75) is 39.7 Å². The van der Waals surface area contributed by atoms with E-state index in [0.29, 0.717) is 0 Å². The van der Waals surface area contributed by atoms with E-state index >= 15 is 0 Å². The highest BCUT2D eigenvalue weighted by Crippen LogP contribution is 2.34. The molecule has 0 radical (unpaired) electrons. The predicted octanol–water partition coefficient (Wildman–Crippen LogP) is 4.83. The molecule has 3 aromatic rings. The third-order valence-electron chi connectivity index (χ3n) is 5.13. The number of hydrogen-bond acceptors (Lipinski definition) is 4. The highest BCUT2D eigenvalue weighted by atomic mass is 32.1. The van der Waals surface area contributed by atoms with E-state index in [4.69, 9.17) is 4.52 Å². The minimum absolute atomic E-state index is 0.0768. The molecule has 6 heteroatoms. The molecule has 1 atom stereocenters. The van der Waals surface area contributed by atoms with Crippen LogP contribution in [0.5, 0.6) is 0 Å². The van der Waals surface area contributed by atoms with Crippen LogP contribution in [0.15, 0.2) is 40.2 Å². The van der Waals surface area contributed by atoms with Gasteiger partial charge in [0.05, 0.1) is 6.04 Å². The number of rotatable bonds is 4. The summed E-state index contributed by atoms with van der Waals surface area (Å²) in [5, 5.41) is 6.18. The van der Waals surface area contributed by atoms with Crippen LogP contribution in [0.4, 0.5) is 0 Å². The van der Waals surface area contributed by atoms with Crippen molar-refractivity contribution in [3.63, 3.8) is 0 Å². The Morgan fingerprint density at radius 1 is 1.33 bits per heavy atom. The summed E-state index contributed by atoms with van der Waals surface area (Å²) >= 11 is 1.73. The summed E-state index contributed by atoms with van der Waals surface area (Å²) in [6.45, 7) is 6.77. The summed E-state index contributed by atoms with van der Waals surface area (Å²) in [4.78, 5) is 16.1. The SMILES string of the molecule is Cc1cc(-n2c(C)cc(/C=C/C(=O)N3CCC[C@H]3c3cccs3)c2C)no1. The van der Waals surface area contributed by atoms with Crippen LogP contribution < -0.4 is 0 Å². The molecule has 1 aliphatic rings. The Morgan fingerprint density at radius 3 is 2.89 bits per heavy atom. The summed E-state index contributed by atoms with van der Waals surface area (Å²) in [6.07, 6.45) is 5.71. The topological polar surface area (TPSA) is 51.3 Å². The van der Waals surface area contributed by atoms with Crippen molar-refractivity contribution >= 4 is 23.3 Å². The lowest BCUT2D eigenvalue weighted by molar-refractivity contribution is -0.126. The number of thiophene rings is 1. The van der Waals surface area contributed by atoms with Gasteiger partial charge in [-0.1, -0.05) is 11.2 Å². The lowest BCUT2D eigenvalue weighted by Crippen LogP contribution is -2.28. The molecule has 0 unspecified atom stereocenters. The van der Waals surface area contributed by atoms with E-state index in [0.717, 1.165) is 47.9 Å². The minimum atomic E-state index is 0.0768. The smallest absolute Gasteiger partial charge is 0.247 e. The van der Waals surface area contributed by atoms with Crippen molar-refractivity contribution < 1.29 is 9.32 Å². The third kappa shape index (κ3) is 3.37. The van der Waals surface area contributed by atoms with E-state index < -0.39 is 0 Å². The lowest BCUT2D eigenvalue weighted by atomic mass is 10.2. The van der Waals surface area contributed by atoms with Crippen LogP contribution in [0.2, 0.25) is 0 Å². The summed E-state index contributed by atoms with van der Waals surface area (Å²) in [6, 6.07) is 8.38. The van der Waals surface area contributed by atoms with Gasteiger partial charge in [0.1, 0.15) is 5.76 Å². The molecule has 1 aliphatic heterocycles. The van der Waals surface area contributed by atoms with E-state index in [1.807, 2.05) is 42.4 Å². The van der Waals surface area contributed by atoms with Gasteiger partial charge in [0.15, 0.2) is 5.82 Å². The van der Waals surface area contributed by atoms with Gasteiger partial charge in [-0.15, -0.1) is 11.3 Å². The van der Waals surface area contributed by atoms with Crippen LogP contribution in [0.3, 0.4) is 0 Å². The normalized spacial score (nSPS) is 17.3. The minimum Gasteiger partial charge on any atom is -0.360 e. The quantitative estimate of drug-likeness (QED) is 0.608. The standard InChI is InChI=1S/C21H23N3O2S/c1-14-12-17(16(3)24(14)20-13-15(2)26-22-20)8-9-21(25)23-10-4-6-18(23)19-7-5-11-27-19/h5,7-9,11-13,18H,4,6,10H2,1-3H3/b9-8+/t18-/m0/s1. The maximum Gasteiger partial charge on any atom is 0.247 e. The molecule has 140 valence electrons. The Bertz CT molecular complexity index is 981. The van der Waals surface area contributed by atoms with Crippen molar-refractivity contribution in [2.24, 2.45) is 0 Å².